The monoisotopic (exact) mass is 629 g/mol. The quantitative estimate of drug-likeness (QED) is 0.0739. The second-order valence-electron chi connectivity index (χ2n) is 11.3. The Morgan fingerprint density at radius 1 is 0.778 bits per heavy atom. The number of hydrogen-bond donors (Lipinski definition) is 10. The van der Waals surface area contributed by atoms with E-state index >= 15 is 0 Å². The first kappa shape index (κ1) is 34.8. The number of nitrogens with two attached hydrogens (primary N) is 2. The number of aliphatic imine (C=N–C) groups is 1. The van der Waals surface area contributed by atoms with Crippen LogP contribution in [0.1, 0.15) is 38.7 Å². The summed E-state index contributed by atoms with van der Waals surface area (Å²) in [7, 11) is 0. The molecule has 0 radical (unpaired) electrons. The van der Waals surface area contributed by atoms with Gasteiger partial charge in [0.15, 0.2) is 5.96 Å². The Morgan fingerprint density at radius 3 is 1.89 bits per heavy atom. The third-order valence-electron chi connectivity index (χ3n) is 7.28. The lowest BCUT2D eigenvalue weighted by atomic mass is 10.0. The predicted molar refractivity (Wildman–Crippen MR) is 165 cm³/mol. The Bertz CT molecular complexity index is 1390. The number of rotatable bonds is 10. The van der Waals surface area contributed by atoms with E-state index in [-0.39, 0.29) is 44.1 Å². The third-order valence-corrected chi connectivity index (χ3v) is 7.28. The van der Waals surface area contributed by atoms with E-state index in [1.165, 1.54) is 0 Å². The Kier molecular flexibility index (Phi) is 12.7. The number of aliphatic hydroxyl groups excluding tert-OH is 2. The van der Waals surface area contributed by atoms with Crippen LogP contribution in [0.25, 0.3) is 10.9 Å². The molecule has 3 rings (SSSR count). The Balaban J connectivity index is 2.02. The lowest BCUT2D eigenvalue weighted by Crippen LogP contribution is -2.59. The van der Waals surface area contributed by atoms with Crippen molar-refractivity contribution in [2.75, 3.05) is 19.8 Å². The summed E-state index contributed by atoms with van der Waals surface area (Å²) in [6.45, 7) is 2.17. The number of benzene rings is 1. The van der Waals surface area contributed by atoms with Gasteiger partial charge in [-0.2, -0.15) is 0 Å². The third kappa shape index (κ3) is 9.90. The maximum Gasteiger partial charge on any atom is 0.245 e. The van der Waals surface area contributed by atoms with Gasteiger partial charge >= 0.3 is 0 Å². The molecular weight excluding hydrogens is 586 g/mol. The number of guanidine groups is 1. The molecule has 0 saturated carbocycles. The number of para-hydroxylation sites is 1. The summed E-state index contributed by atoms with van der Waals surface area (Å²) < 4.78 is 0. The Hall–Kier alpha value is -4.70. The SMILES string of the molecule is CC(C)C[C@@H]1NC(=O)[C@H](CO)NC(=O)[C@H](CO)NC(=O)[C@H](Cc2c[nH]c3ccccc23)NC(=O)[C@H](CCCN=C(N)N)NC1=O. The van der Waals surface area contributed by atoms with Gasteiger partial charge in [-0.05, 0) is 36.8 Å². The molecule has 246 valence electrons. The van der Waals surface area contributed by atoms with Crippen molar-refractivity contribution >= 4 is 46.4 Å². The minimum absolute atomic E-state index is 0.00863. The standard InChI is InChI=1S/C29H43N9O7/c1-15(2)10-20-25(42)34-19(8-5-9-32-29(30)31)24(41)36-21(11-16-12-33-18-7-4-3-6-17(16)18)26(43)37-23(14-40)28(45)38-22(13-39)27(44)35-20/h3-4,6-7,12,15,19-23,33,39-40H,5,8-11,13-14H2,1-2H3,(H,34,42)(H,35,44)(H,36,41)(H,37,43)(H,38,45)(H4,30,31,32)/t19-,20-,21-,22-,23-/m0/s1. The van der Waals surface area contributed by atoms with Crippen LogP contribution >= 0.6 is 0 Å². The fourth-order valence-corrected chi connectivity index (χ4v) is 4.95. The number of amides is 5. The van der Waals surface area contributed by atoms with Crippen LogP contribution < -0.4 is 38.1 Å². The first-order valence-electron chi connectivity index (χ1n) is 14.8. The van der Waals surface area contributed by atoms with E-state index in [9.17, 15) is 34.2 Å². The van der Waals surface area contributed by atoms with Crippen molar-refractivity contribution in [2.24, 2.45) is 22.4 Å². The molecule has 1 aromatic heterocycles. The highest BCUT2D eigenvalue weighted by atomic mass is 16.3. The highest BCUT2D eigenvalue weighted by molar-refractivity contribution is 5.98. The Labute approximate surface area is 260 Å². The average molecular weight is 630 g/mol. The number of hydrogen-bond acceptors (Lipinski definition) is 8. The van der Waals surface area contributed by atoms with Crippen LogP contribution in [-0.2, 0) is 30.4 Å². The summed E-state index contributed by atoms with van der Waals surface area (Å²) in [6, 6.07) is 0.806. The molecule has 0 unspecified atom stereocenters. The average Bonchev–Trinajstić information content (AvgIpc) is 3.40. The maximum atomic E-state index is 13.7. The molecule has 12 N–H and O–H groups in total. The van der Waals surface area contributed by atoms with Gasteiger partial charge in [-0.3, -0.25) is 29.0 Å². The van der Waals surface area contributed by atoms with E-state index < -0.39 is 73.0 Å². The van der Waals surface area contributed by atoms with Crippen molar-refractivity contribution in [3.8, 4) is 0 Å². The number of aromatic nitrogens is 1. The van der Waals surface area contributed by atoms with Crippen molar-refractivity contribution in [1.29, 1.82) is 0 Å². The smallest absolute Gasteiger partial charge is 0.245 e. The van der Waals surface area contributed by atoms with Gasteiger partial charge in [0.05, 0.1) is 13.2 Å². The molecule has 1 aromatic carbocycles. The minimum atomic E-state index is -1.52. The van der Waals surface area contributed by atoms with Gasteiger partial charge in [0.25, 0.3) is 0 Å². The van der Waals surface area contributed by atoms with E-state index in [4.69, 9.17) is 11.5 Å². The molecule has 45 heavy (non-hydrogen) atoms. The molecular formula is C29H43N9O7. The number of nitrogens with one attached hydrogen (secondary N) is 6. The zero-order valence-electron chi connectivity index (χ0n) is 25.3. The summed E-state index contributed by atoms with van der Waals surface area (Å²) >= 11 is 0. The summed E-state index contributed by atoms with van der Waals surface area (Å²) in [5.74, 6) is -4.20. The molecule has 1 fully saturated rings. The number of aromatic amines is 1. The topological polar surface area (TPSA) is 266 Å². The maximum absolute atomic E-state index is 13.7. The van der Waals surface area contributed by atoms with Crippen LogP contribution in [-0.4, -0.2) is 101 Å². The normalized spacial score (nSPS) is 23.7. The van der Waals surface area contributed by atoms with Crippen molar-refractivity contribution < 1.29 is 34.2 Å². The fourth-order valence-electron chi connectivity index (χ4n) is 4.95. The van der Waals surface area contributed by atoms with Gasteiger partial charge in [-0.25, -0.2) is 0 Å². The highest BCUT2D eigenvalue weighted by Crippen LogP contribution is 2.19. The lowest BCUT2D eigenvalue weighted by Gasteiger charge is -2.26. The summed E-state index contributed by atoms with van der Waals surface area (Å²) in [4.78, 5) is 73.9. The van der Waals surface area contributed by atoms with Gasteiger partial charge in [0, 0.05) is 30.1 Å². The first-order chi connectivity index (χ1) is 21.4. The highest BCUT2D eigenvalue weighted by Gasteiger charge is 2.34. The van der Waals surface area contributed by atoms with E-state index in [0.29, 0.717) is 5.56 Å². The van der Waals surface area contributed by atoms with E-state index in [2.05, 4.69) is 36.6 Å². The molecule has 2 heterocycles. The van der Waals surface area contributed by atoms with Gasteiger partial charge < -0.3 is 53.2 Å². The van der Waals surface area contributed by atoms with Crippen molar-refractivity contribution in [1.82, 2.24) is 31.6 Å². The largest absolute Gasteiger partial charge is 0.394 e. The van der Waals surface area contributed by atoms with Crippen LogP contribution in [0.2, 0.25) is 0 Å². The number of aliphatic hydroxyl groups is 2. The van der Waals surface area contributed by atoms with Crippen LogP contribution in [0.15, 0.2) is 35.5 Å². The first-order valence-corrected chi connectivity index (χ1v) is 14.8. The van der Waals surface area contributed by atoms with Crippen LogP contribution in [0.5, 0.6) is 0 Å². The molecule has 16 heteroatoms. The van der Waals surface area contributed by atoms with Gasteiger partial charge in [-0.1, -0.05) is 32.0 Å². The molecule has 1 aliphatic rings. The molecule has 5 atom stereocenters. The molecule has 1 saturated heterocycles. The second kappa shape index (κ2) is 16.4. The van der Waals surface area contributed by atoms with Crippen molar-refractivity contribution in [3.05, 3.63) is 36.0 Å². The van der Waals surface area contributed by atoms with Crippen molar-refractivity contribution in [3.63, 3.8) is 0 Å². The molecule has 5 amide bonds. The molecule has 0 bridgehead atoms. The molecule has 0 aliphatic carbocycles. The van der Waals surface area contributed by atoms with Crippen LogP contribution in [0.4, 0.5) is 0 Å². The zero-order valence-corrected chi connectivity index (χ0v) is 25.3. The molecule has 0 spiro atoms. The predicted octanol–water partition coefficient (Wildman–Crippen LogP) is -2.77. The van der Waals surface area contributed by atoms with Gasteiger partial charge in [-0.15, -0.1) is 0 Å². The summed E-state index contributed by atoms with van der Waals surface area (Å²) in [5, 5.41) is 33.3. The van der Waals surface area contributed by atoms with Gasteiger partial charge in [0.1, 0.15) is 30.2 Å². The Morgan fingerprint density at radius 2 is 1.29 bits per heavy atom. The van der Waals surface area contributed by atoms with Gasteiger partial charge in [0.2, 0.25) is 29.5 Å². The lowest BCUT2D eigenvalue weighted by molar-refractivity contribution is -0.135. The van der Waals surface area contributed by atoms with E-state index in [1.807, 2.05) is 38.1 Å². The minimum Gasteiger partial charge on any atom is -0.394 e. The van der Waals surface area contributed by atoms with Crippen LogP contribution in [0, 0.1) is 5.92 Å². The number of carbonyl (C=O) groups excluding carboxylic acids is 5. The summed E-state index contributed by atoms with van der Waals surface area (Å²) in [6.07, 6.45) is 2.23. The number of fused-ring (bicyclic) bond motifs is 1. The zero-order chi connectivity index (χ0) is 33.1. The molecule has 1 aliphatic heterocycles. The van der Waals surface area contributed by atoms with Crippen LogP contribution in [0.3, 0.4) is 0 Å². The molecule has 2 aromatic rings. The molecule has 16 nitrogen and oxygen atoms in total. The van der Waals surface area contributed by atoms with E-state index in [0.717, 1.165) is 10.9 Å². The number of carbonyl (C=O) groups is 5. The van der Waals surface area contributed by atoms with Crippen molar-refractivity contribution in [2.45, 2.75) is 69.7 Å². The summed E-state index contributed by atoms with van der Waals surface area (Å²) in [5.41, 5.74) is 12.3. The number of nitrogens with zero attached hydrogens (tertiary/aromatic N) is 1. The fraction of sp³-hybridized carbons (Fsp3) is 0.517. The number of H-pyrrole nitrogens is 1. The van der Waals surface area contributed by atoms with E-state index in [1.54, 1.807) is 6.20 Å². The second-order valence-corrected chi connectivity index (χ2v) is 11.3.